The van der Waals surface area contributed by atoms with E-state index in [-0.39, 0.29) is 12.1 Å². The summed E-state index contributed by atoms with van der Waals surface area (Å²) in [5, 5.41) is 4.46. The zero-order valence-electron chi connectivity index (χ0n) is 18.6. The molecule has 31 heavy (non-hydrogen) atoms. The van der Waals surface area contributed by atoms with Gasteiger partial charge in [0.15, 0.2) is 5.11 Å². The SMILES string of the molecule is Cc1cc([C@@H]2[C@@H](c3ccccn3)NC(=S)N2CCCN2CCOCC2)c(C)n1C1CC1. The number of thiocarbonyl (C=S) groups is 1. The molecular weight excluding hydrogens is 406 g/mol. The Kier molecular flexibility index (Phi) is 5.99. The van der Waals surface area contributed by atoms with Crippen LogP contribution in [-0.4, -0.2) is 63.9 Å². The summed E-state index contributed by atoms with van der Waals surface area (Å²) in [6.45, 7) is 10.3. The smallest absolute Gasteiger partial charge is 0.170 e. The minimum atomic E-state index is 0.0743. The van der Waals surface area contributed by atoms with Crippen molar-refractivity contribution in [2.75, 3.05) is 39.4 Å². The first kappa shape index (κ1) is 20.9. The van der Waals surface area contributed by atoms with E-state index in [1.807, 2.05) is 12.3 Å². The highest BCUT2D eigenvalue weighted by atomic mass is 32.1. The van der Waals surface area contributed by atoms with Gasteiger partial charge in [0, 0.05) is 49.8 Å². The fraction of sp³-hybridized carbons (Fsp3) is 0.583. The first-order valence-corrected chi connectivity index (χ1v) is 12.0. The molecule has 1 saturated carbocycles. The van der Waals surface area contributed by atoms with E-state index in [0.717, 1.165) is 56.6 Å². The summed E-state index contributed by atoms with van der Waals surface area (Å²) in [4.78, 5) is 9.60. The molecule has 7 heteroatoms. The van der Waals surface area contributed by atoms with Gasteiger partial charge >= 0.3 is 0 Å². The van der Waals surface area contributed by atoms with Gasteiger partial charge in [-0.15, -0.1) is 0 Å². The van der Waals surface area contributed by atoms with Crippen molar-refractivity contribution in [2.24, 2.45) is 0 Å². The number of aryl methyl sites for hydroxylation is 1. The molecule has 3 fully saturated rings. The Morgan fingerprint density at radius 1 is 1.16 bits per heavy atom. The lowest BCUT2D eigenvalue weighted by Crippen LogP contribution is -2.39. The number of nitrogens with one attached hydrogen (secondary N) is 1. The van der Waals surface area contributed by atoms with Gasteiger partial charge in [0.1, 0.15) is 0 Å². The Labute approximate surface area is 190 Å². The fourth-order valence-corrected chi connectivity index (χ4v) is 5.60. The normalized spacial score (nSPS) is 24.6. The van der Waals surface area contributed by atoms with Crippen LogP contribution in [0.15, 0.2) is 30.5 Å². The minimum absolute atomic E-state index is 0.0743. The summed E-state index contributed by atoms with van der Waals surface area (Å²) < 4.78 is 8.03. The average molecular weight is 440 g/mol. The van der Waals surface area contributed by atoms with Crippen molar-refractivity contribution in [1.29, 1.82) is 0 Å². The second-order valence-corrected chi connectivity index (χ2v) is 9.44. The van der Waals surface area contributed by atoms with Gasteiger partial charge in [0.25, 0.3) is 0 Å². The Morgan fingerprint density at radius 2 is 1.97 bits per heavy atom. The third kappa shape index (κ3) is 4.23. The fourth-order valence-electron chi connectivity index (χ4n) is 5.27. The summed E-state index contributed by atoms with van der Waals surface area (Å²) in [5.74, 6) is 0. The first-order chi connectivity index (χ1) is 15.1. The second kappa shape index (κ2) is 8.88. The molecule has 1 N–H and O–H groups in total. The van der Waals surface area contributed by atoms with Gasteiger partial charge in [-0.25, -0.2) is 0 Å². The van der Waals surface area contributed by atoms with Crippen LogP contribution in [-0.2, 0) is 4.74 Å². The Morgan fingerprint density at radius 3 is 2.68 bits per heavy atom. The van der Waals surface area contributed by atoms with E-state index < -0.39 is 0 Å². The Balaban J connectivity index is 1.41. The van der Waals surface area contributed by atoms with E-state index in [0.29, 0.717) is 6.04 Å². The van der Waals surface area contributed by atoms with Crippen LogP contribution in [0.1, 0.15) is 60.0 Å². The quantitative estimate of drug-likeness (QED) is 0.666. The Hall–Kier alpha value is -1.96. The summed E-state index contributed by atoms with van der Waals surface area (Å²) in [6, 6.07) is 9.47. The number of morpholine rings is 1. The van der Waals surface area contributed by atoms with Crippen molar-refractivity contribution in [3.63, 3.8) is 0 Å². The minimum Gasteiger partial charge on any atom is -0.379 e. The van der Waals surface area contributed by atoms with Crippen LogP contribution in [0.4, 0.5) is 0 Å². The van der Waals surface area contributed by atoms with Crippen LogP contribution in [0, 0.1) is 13.8 Å². The van der Waals surface area contributed by atoms with Gasteiger partial charge in [0.05, 0.1) is 31.0 Å². The topological polar surface area (TPSA) is 45.6 Å². The van der Waals surface area contributed by atoms with Gasteiger partial charge in [-0.2, -0.15) is 0 Å². The van der Waals surface area contributed by atoms with E-state index in [2.05, 4.69) is 56.7 Å². The van der Waals surface area contributed by atoms with E-state index in [1.165, 1.54) is 29.8 Å². The molecule has 4 heterocycles. The Bertz CT molecular complexity index is 920. The standard InChI is InChI=1S/C24H33N5OS/c1-17-16-20(18(2)29(17)19-7-8-19)23-22(21-6-3-4-9-25-21)26-24(31)28(23)11-5-10-27-12-14-30-15-13-27/h3-4,6,9,16,19,22-23H,5,7-8,10-15H2,1-2H3,(H,26,31)/t22-,23-/m1/s1. The highest BCUT2D eigenvalue weighted by molar-refractivity contribution is 7.80. The van der Waals surface area contributed by atoms with Crippen molar-refractivity contribution < 1.29 is 4.74 Å². The molecule has 0 aromatic carbocycles. The third-order valence-corrected chi connectivity index (χ3v) is 7.28. The van der Waals surface area contributed by atoms with E-state index in [9.17, 15) is 0 Å². The number of aromatic nitrogens is 2. The first-order valence-electron chi connectivity index (χ1n) is 11.6. The van der Waals surface area contributed by atoms with E-state index in [4.69, 9.17) is 17.0 Å². The monoisotopic (exact) mass is 439 g/mol. The van der Waals surface area contributed by atoms with Gasteiger partial charge in [-0.05, 0) is 69.1 Å². The predicted octanol–water partition coefficient (Wildman–Crippen LogP) is 3.53. The summed E-state index contributed by atoms with van der Waals surface area (Å²) in [7, 11) is 0. The van der Waals surface area contributed by atoms with Crippen LogP contribution >= 0.6 is 12.2 Å². The maximum Gasteiger partial charge on any atom is 0.170 e. The zero-order valence-corrected chi connectivity index (χ0v) is 19.4. The average Bonchev–Trinajstić information content (AvgIpc) is 3.51. The number of pyridine rings is 1. The maximum absolute atomic E-state index is 5.86. The van der Waals surface area contributed by atoms with Crippen molar-refractivity contribution >= 4 is 17.3 Å². The van der Waals surface area contributed by atoms with Crippen molar-refractivity contribution in [2.45, 2.75) is 51.2 Å². The second-order valence-electron chi connectivity index (χ2n) is 9.06. The largest absolute Gasteiger partial charge is 0.379 e. The van der Waals surface area contributed by atoms with Crippen LogP contribution in [0.2, 0.25) is 0 Å². The molecule has 0 radical (unpaired) electrons. The molecule has 2 aromatic heterocycles. The number of hydrogen-bond donors (Lipinski definition) is 1. The van der Waals surface area contributed by atoms with Crippen molar-refractivity contribution in [1.82, 2.24) is 24.7 Å². The van der Waals surface area contributed by atoms with Gasteiger partial charge in [-0.1, -0.05) is 6.07 Å². The molecule has 2 atom stereocenters. The van der Waals surface area contributed by atoms with E-state index in [1.54, 1.807) is 0 Å². The molecule has 0 amide bonds. The predicted molar refractivity (Wildman–Crippen MR) is 126 cm³/mol. The lowest BCUT2D eigenvalue weighted by Gasteiger charge is -2.30. The highest BCUT2D eigenvalue weighted by Gasteiger charge is 2.41. The van der Waals surface area contributed by atoms with Crippen LogP contribution in [0.3, 0.4) is 0 Å². The molecule has 2 saturated heterocycles. The van der Waals surface area contributed by atoms with Gasteiger partial charge < -0.3 is 19.5 Å². The lowest BCUT2D eigenvalue weighted by atomic mass is 9.96. The van der Waals surface area contributed by atoms with Crippen molar-refractivity contribution in [3.8, 4) is 0 Å². The molecule has 0 spiro atoms. The lowest BCUT2D eigenvalue weighted by molar-refractivity contribution is 0.0365. The molecule has 0 bridgehead atoms. The summed E-state index contributed by atoms with van der Waals surface area (Å²) >= 11 is 5.86. The van der Waals surface area contributed by atoms with Gasteiger partial charge in [-0.3, -0.25) is 9.88 Å². The molecule has 1 aliphatic carbocycles. The van der Waals surface area contributed by atoms with Crippen LogP contribution in [0.25, 0.3) is 0 Å². The van der Waals surface area contributed by atoms with Crippen LogP contribution in [0.5, 0.6) is 0 Å². The molecule has 166 valence electrons. The number of nitrogens with zero attached hydrogens (tertiary/aromatic N) is 4. The summed E-state index contributed by atoms with van der Waals surface area (Å²) in [6.07, 6.45) is 5.56. The molecule has 6 nitrogen and oxygen atoms in total. The molecule has 3 aliphatic rings. The van der Waals surface area contributed by atoms with Crippen molar-refractivity contribution in [3.05, 3.63) is 53.1 Å². The zero-order chi connectivity index (χ0) is 21.4. The van der Waals surface area contributed by atoms with Gasteiger partial charge in [0.2, 0.25) is 0 Å². The van der Waals surface area contributed by atoms with E-state index >= 15 is 0 Å². The number of ether oxygens (including phenoxy) is 1. The summed E-state index contributed by atoms with van der Waals surface area (Å²) in [5.41, 5.74) is 5.19. The third-order valence-electron chi connectivity index (χ3n) is 6.93. The highest BCUT2D eigenvalue weighted by Crippen LogP contribution is 2.44. The maximum atomic E-state index is 5.86. The molecule has 5 rings (SSSR count). The van der Waals surface area contributed by atoms with Crippen LogP contribution < -0.4 is 5.32 Å². The molecule has 0 unspecified atom stereocenters. The molecule has 2 aromatic rings. The number of rotatable bonds is 7. The molecule has 2 aliphatic heterocycles. The molecular formula is C24H33N5OS. The number of hydrogen-bond acceptors (Lipinski definition) is 4.